The summed E-state index contributed by atoms with van der Waals surface area (Å²) < 4.78 is 17.9. The lowest BCUT2D eigenvalue weighted by Gasteiger charge is -2.09. The van der Waals surface area contributed by atoms with Crippen molar-refractivity contribution in [1.29, 1.82) is 0 Å². The number of methoxy groups -OCH3 is 1. The van der Waals surface area contributed by atoms with E-state index in [1.54, 1.807) is 18.0 Å². The summed E-state index contributed by atoms with van der Waals surface area (Å²) in [6, 6.07) is 5.68. The summed E-state index contributed by atoms with van der Waals surface area (Å²) in [7, 11) is 3.52. The van der Waals surface area contributed by atoms with E-state index in [-0.39, 0.29) is 6.79 Å². The van der Waals surface area contributed by atoms with E-state index in [0.29, 0.717) is 5.75 Å². The van der Waals surface area contributed by atoms with E-state index in [2.05, 4.69) is 5.10 Å². The first-order valence-electron chi connectivity index (χ1n) is 5.25. The third-order valence-corrected chi connectivity index (χ3v) is 2.79. The Labute approximate surface area is 98.5 Å². The van der Waals surface area contributed by atoms with E-state index >= 15 is 0 Å². The second kappa shape index (κ2) is 3.69. The van der Waals surface area contributed by atoms with Crippen LogP contribution in [0.15, 0.2) is 24.4 Å². The molecule has 0 atom stereocenters. The number of ether oxygens (including phenoxy) is 3. The summed E-state index contributed by atoms with van der Waals surface area (Å²) in [6.07, 6.45) is 1.75. The van der Waals surface area contributed by atoms with E-state index in [9.17, 15) is 0 Å². The molecule has 0 amide bonds. The largest absolute Gasteiger partial charge is 0.496 e. The molecule has 5 heteroatoms. The molecular formula is C12H12N2O3. The van der Waals surface area contributed by atoms with Crippen LogP contribution in [0.1, 0.15) is 0 Å². The van der Waals surface area contributed by atoms with Crippen molar-refractivity contribution in [3.63, 3.8) is 0 Å². The van der Waals surface area contributed by atoms with Crippen molar-refractivity contribution in [3.05, 3.63) is 24.4 Å². The van der Waals surface area contributed by atoms with Crippen LogP contribution in [0.3, 0.4) is 0 Å². The third kappa shape index (κ3) is 1.51. The number of hydrogen-bond acceptors (Lipinski definition) is 4. The zero-order valence-corrected chi connectivity index (χ0v) is 9.64. The van der Waals surface area contributed by atoms with Crippen LogP contribution in [0.2, 0.25) is 0 Å². The van der Waals surface area contributed by atoms with Gasteiger partial charge in [-0.1, -0.05) is 0 Å². The Morgan fingerprint density at radius 1 is 1.29 bits per heavy atom. The minimum atomic E-state index is 0.257. The molecule has 2 heterocycles. The zero-order chi connectivity index (χ0) is 11.8. The van der Waals surface area contributed by atoms with Crippen LogP contribution in [0.4, 0.5) is 0 Å². The maximum absolute atomic E-state index is 5.37. The molecule has 1 aliphatic heterocycles. The van der Waals surface area contributed by atoms with Gasteiger partial charge >= 0.3 is 0 Å². The highest BCUT2D eigenvalue weighted by Crippen LogP contribution is 2.42. The SMILES string of the molecule is COc1cc2c(cc1-c1ccnn1C)OCO2. The second-order valence-corrected chi connectivity index (χ2v) is 3.75. The van der Waals surface area contributed by atoms with Gasteiger partial charge in [-0.05, 0) is 12.1 Å². The molecule has 0 radical (unpaired) electrons. The second-order valence-electron chi connectivity index (χ2n) is 3.75. The first-order valence-corrected chi connectivity index (χ1v) is 5.25. The number of fused-ring (bicyclic) bond motifs is 1. The van der Waals surface area contributed by atoms with Crippen LogP contribution in [0.25, 0.3) is 11.3 Å². The van der Waals surface area contributed by atoms with Gasteiger partial charge in [0.25, 0.3) is 0 Å². The molecule has 0 bridgehead atoms. The summed E-state index contributed by atoms with van der Waals surface area (Å²) in [5, 5.41) is 4.15. The molecule has 0 saturated heterocycles. The number of aromatic nitrogens is 2. The highest BCUT2D eigenvalue weighted by atomic mass is 16.7. The Bertz CT molecular complexity index is 563. The average molecular weight is 232 g/mol. The standard InChI is InChI=1S/C12H12N2O3/c1-14-9(3-4-13-14)8-5-11-12(17-7-16-11)6-10(8)15-2/h3-6H,7H2,1-2H3. The Balaban J connectivity index is 2.19. The maximum atomic E-state index is 5.37. The molecule has 1 aliphatic rings. The zero-order valence-electron chi connectivity index (χ0n) is 9.64. The lowest BCUT2D eigenvalue weighted by molar-refractivity contribution is 0.174. The Kier molecular flexibility index (Phi) is 2.18. The number of nitrogens with zero attached hydrogens (tertiary/aromatic N) is 2. The van der Waals surface area contributed by atoms with Crippen molar-refractivity contribution in [2.45, 2.75) is 0 Å². The first kappa shape index (κ1) is 10.0. The molecule has 88 valence electrons. The van der Waals surface area contributed by atoms with Crippen LogP contribution < -0.4 is 14.2 Å². The molecule has 0 unspecified atom stereocenters. The number of hydrogen-bond donors (Lipinski definition) is 0. The number of rotatable bonds is 2. The molecule has 1 aromatic heterocycles. The van der Waals surface area contributed by atoms with Gasteiger partial charge in [0.1, 0.15) is 5.75 Å². The summed E-state index contributed by atoms with van der Waals surface area (Å²) in [5.74, 6) is 2.20. The van der Waals surface area contributed by atoms with Crippen molar-refractivity contribution in [2.24, 2.45) is 7.05 Å². The summed E-state index contributed by atoms with van der Waals surface area (Å²) in [4.78, 5) is 0. The Morgan fingerprint density at radius 2 is 2.06 bits per heavy atom. The number of benzene rings is 1. The summed E-state index contributed by atoms with van der Waals surface area (Å²) in [5.41, 5.74) is 1.91. The fraction of sp³-hybridized carbons (Fsp3) is 0.250. The van der Waals surface area contributed by atoms with Gasteiger partial charge in [0.05, 0.1) is 12.8 Å². The summed E-state index contributed by atoms with van der Waals surface area (Å²) >= 11 is 0. The molecule has 0 aliphatic carbocycles. The van der Waals surface area contributed by atoms with Gasteiger partial charge in [0, 0.05) is 24.9 Å². The predicted molar refractivity (Wildman–Crippen MR) is 61.3 cm³/mol. The third-order valence-electron chi connectivity index (χ3n) is 2.79. The van der Waals surface area contributed by atoms with E-state index in [0.717, 1.165) is 22.8 Å². The first-order chi connectivity index (χ1) is 8.29. The van der Waals surface area contributed by atoms with E-state index in [1.807, 2.05) is 25.2 Å². The Hall–Kier alpha value is -2.17. The predicted octanol–water partition coefficient (Wildman–Crippen LogP) is 1.82. The summed E-state index contributed by atoms with van der Waals surface area (Å²) in [6.45, 7) is 0.257. The van der Waals surface area contributed by atoms with E-state index in [1.165, 1.54) is 0 Å². The van der Waals surface area contributed by atoms with Gasteiger partial charge < -0.3 is 14.2 Å². The van der Waals surface area contributed by atoms with Crippen molar-refractivity contribution >= 4 is 0 Å². The van der Waals surface area contributed by atoms with Gasteiger partial charge in [-0.15, -0.1) is 0 Å². The van der Waals surface area contributed by atoms with Crippen molar-refractivity contribution in [1.82, 2.24) is 9.78 Å². The van der Waals surface area contributed by atoms with Crippen molar-refractivity contribution in [3.8, 4) is 28.5 Å². The maximum Gasteiger partial charge on any atom is 0.231 e. The average Bonchev–Trinajstić information content (AvgIpc) is 2.94. The molecular weight excluding hydrogens is 220 g/mol. The molecule has 2 aromatic rings. The highest BCUT2D eigenvalue weighted by molar-refractivity contribution is 5.72. The van der Waals surface area contributed by atoms with Crippen LogP contribution in [-0.4, -0.2) is 23.7 Å². The quantitative estimate of drug-likeness (QED) is 0.792. The van der Waals surface area contributed by atoms with Crippen LogP contribution in [0.5, 0.6) is 17.2 Å². The van der Waals surface area contributed by atoms with Gasteiger partial charge in [0.2, 0.25) is 6.79 Å². The van der Waals surface area contributed by atoms with Gasteiger partial charge in [-0.2, -0.15) is 5.10 Å². The van der Waals surface area contributed by atoms with Crippen LogP contribution in [0, 0.1) is 0 Å². The van der Waals surface area contributed by atoms with Crippen molar-refractivity contribution in [2.75, 3.05) is 13.9 Å². The minimum Gasteiger partial charge on any atom is -0.496 e. The van der Waals surface area contributed by atoms with Gasteiger partial charge in [0.15, 0.2) is 11.5 Å². The normalized spacial score (nSPS) is 12.8. The van der Waals surface area contributed by atoms with Crippen LogP contribution in [-0.2, 0) is 7.05 Å². The fourth-order valence-corrected chi connectivity index (χ4v) is 1.93. The molecule has 5 nitrogen and oxygen atoms in total. The Morgan fingerprint density at radius 3 is 2.71 bits per heavy atom. The monoisotopic (exact) mass is 232 g/mol. The fourth-order valence-electron chi connectivity index (χ4n) is 1.93. The molecule has 17 heavy (non-hydrogen) atoms. The van der Waals surface area contributed by atoms with Crippen molar-refractivity contribution < 1.29 is 14.2 Å². The van der Waals surface area contributed by atoms with Gasteiger partial charge in [-0.3, -0.25) is 4.68 Å². The lowest BCUT2D eigenvalue weighted by atomic mass is 10.1. The molecule has 1 aromatic carbocycles. The molecule has 3 rings (SSSR count). The molecule has 0 fully saturated rings. The topological polar surface area (TPSA) is 45.5 Å². The molecule has 0 spiro atoms. The van der Waals surface area contributed by atoms with E-state index < -0.39 is 0 Å². The van der Waals surface area contributed by atoms with Crippen LogP contribution >= 0.6 is 0 Å². The molecule has 0 N–H and O–H groups in total. The smallest absolute Gasteiger partial charge is 0.231 e. The lowest BCUT2D eigenvalue weighted by Crippen LogP contribution is -1.96. The molecule has 0 saturated carbocycles. The van der Waals surface area contributed by atoms with E-state index in [4.69, 9.17) is 14.2 Å². The highest BCUT2D eigenvalue weighted by Gasteiger charge is 2.19. The van der Waals surface area contributed by atoms with Gasteiger partial charge in [-0.25, -0.2) is 0 Å². The minimum absolute atomic E-state index is 0.257. The number of aryl methyl sites for hydroxylation is 1.